The lowest BCUT2D eigenvalue weighted by atomic mass is 10.1. The topological polar surface area (TPSA) is 32.8 Å². The van der Waals surface area contributed by atoms with E-state index in [0.29, 0.717) is 46.1 Å². The van der Waals surface area contributed by atoms with Crippen LogP contribution in [0.25, 0.3) is 0 Å². The summed E-state index contributed by atoms with van der Waals surface area (Å²) in [5.41, 5.74) is 2.77. The summed E-state index contributed by atoms with van der Waals surface area (Å²) in [6.07, 6.45) is 0. The van der Waals surface area contributed by atoms with Crippen molar-refractivity contribution in [2.75, 3.05) is 26.2 Å². The molecule has 0 N–H and O–H groups in total. The minimum absolute atomic E-state index is 0.0487. The average molecular weight is 569 g/mol. The van der Waals surface area contributed by atoms with Crippen molar-refractivity contribution in [2.45, 2.75) is 13.2 Å². The number of carbonyl (C=O) groups is 1. The Balaban J connectivity index is 1.28. The summed E-state index contributed by atoms with van der Waals surface area (Å²) >= 11 is 21.7. The summed E-state index contributed by atoms with van der Waals surface area (Å²) in [6, 6.07) is 18.8. The smallest absolute Gasteiger partial charge is 0.253 e. The van der Waals surface area contributed by atoms with Gasteiger partial charge in [-0.25, -0.2) is 0 Å². The van der Waals surface area contributed by atoms with Crippen molar-refractivity contribution in [1.29, 1.82) is 0 Å². The lowest BCUT2D eigenvalue weighted by molar-refractivity contribution is 0.0628. The molecule has 0 atom stereocenters. The van der Waals surface area contributed by atoms with E-state index in [9.17, 15) is 4.79 Å². The quantitative estimate of drug-likeness (QED) is 0.323. The van der Waals surface area contributed by atoms with Gasteiger partial charge < -0.3 is 9.64 Å². The molecule has 3 aromatic rings. The van der Waals surface area contributed by atoms with Crippen LogP contribution in [0.4, 0.5) is 0 Å². The second-order valence-corrected chi connectivity index (χ2v) is 10.0. The number of piperazine rings is 1. The van der Waals surface area contributed by atoms with E-state index in [1.807, 2.05) is 59.5 Å². The van der Waals surface area contributed by atoms with E-state index in [0.717, 1.165) is 35.2 Å². The third-order valence-corrected chi connectivity index (χ3v) is 7.07. The predicted molar refractivity (Wildman–Crippen MR) is 138 cm³/mol. The van der Waals surface area contributed by atoms with Crippen LogP contribution in [0.1, 0.15) is 21.5 Å². The fraction of sp³-hybridized carbons (Fsp3) is 0.240. The van der Waals surface area contributed by atoms with Crippen LogP contribution in [-0.2, 0) is 13.2 Å². The summed E-state index contributed by atoms with van der Waals surface area (Å²) < 4.78 is 6.70. The van der Waals surface area contributed by atoms with Crippen molar-refractivity contribution in [3.05, 3.63) is 96.9 Å². The van der Waals surface area contributed by atoms with E-state index in [2.05, 4.69) is 20.8 Å². The van der Waals surface area contributed by atoms with Crippen LogP contribution < -0.4 is 4.74 Å². The number of rotatable bonds is 6. The first-order chi connectivity index (χ1) is 15.9. The van der Waals surface area contributed by atoms with Gasteiger partial charge in [-0.1, -0.05) is 68.9 Å². The Hall–Kier alpha value is -1.76. The van der Waals surface area contributed by atoms with Gasteiger partial charge in [-0.3, -0.25) is 9.69 Å². The van der Waals surface area contributed by atoms with Gasteiger partial charge in [0.25, 0.3) is 5.91 Å². The number of halogens is 4. The molecular formula is C25H22BrCl3N2O2. The molecule has 0 unspecified atom stereocenters. The molecule has 0 radical (unpaired) electrons. The van der Waals surface area contributed by atoms with E-state index in [-0.39, 0.29) is 5.91 Å². The molecule has 1 saturated heterocycles. The van der Waals surface area contributed by atoms with E-state index < -0.39 is 0 Å². The summed E-state index contributed by atoms with van der Waals surface area (Å²) in [6.45, 7) is 4.16. The molecule has 1 heterocycles. The van der Waals surface area contributed by atoms with Gasteiger partial charge in [0.05, 0.1) is 15.1 Å². The molecule has 1 amide bonds. The molecule has 1 fully saturated rings. The maximum atomic E-state index is 12.9. The Bertz CT molecular complexity index is 1130. The molecule has 8 heteroatoms. The molecule has 0 aliphatic carbocycles. The highest BCUT2D eigenvalue weighted by Crippen LogP contribution is 2.28. The predicted octanol–water partition coefficient (Wildman–Crippen LogP) is 6.95. The third-order valence-electron chi connectivity index (χ3n) is 5.54. The maximum Gasteiger partial charge on any atom is 0.253 e. The molecule has 1 aliphatic rings. The summed E-state index contributed by atoms with van der Waals surface area (Å²) in [5.74, 6) is 0.673. The molecule has 0 aromatic heterocycles. The molecule has 172 valence electrons. The van der Waals surface area contributed by atoms with Crippen LogP contribution in [0.5, 0.6) is 5.75 Å². The van der Waals surface area contributed by atoms with E-state index in [4.69, 9.17) is 39.5 Å². The van der Waals surface area contributed by atoms with Crippen molar-refractivity contribution >= 4 is 56.6 Å². The minimum Gasteiger partial charge on any atom is -0.487 e. The van der Waals surface area contributed by atoms with Crippen molar-refractivity contribution in [1.82, 2.24) is 9.80 Å². The number of hydrogen-bond acceptors (Lipinski definition) is 3. The van der Waals surface area contributed by atoms with Crippen molar-refractivity contribution in [3.8, 4) is 5.75 Å². The second kappa shape index (κ2) is 11.1. The fourth-order valence-corrected chi connectivity index (χ4v) is 4.73. The largest absolute Gasteiger partial charge is 0.487 e. The first-order valence-electron chi connectivity index (χ1n) is 10.5. The molecule has 1 aliphatic heterocycles. The van der Waals surface area contributed by atoms with Gasteiger partial charge >= 0.3 is 0 Å². The van der Waals surface area contributed by atoms with Crippen LogP contribution in [0, 0.1) is 0 Å². The average Bonchev–Trinajstić information content (AvgIpc) is 2.81. The number of amides is 1. The number of ether oxygens (including phenoxy) is 1. The van der Waals surface area contributed by atoms with Gasteiger partial charge in [0.1, 0.15) is 12.4 Å². The highest BCUT2D eigenvalue weighted by molar-refractivity contribution is 9.10. The third kappa shape index (κ3) is 6.43. The first-order valence-corrected chi connectivity index (χ1v) is 12.4. The molecule has 4 rings (SSSR count). The van der Waals surface area contributed by atoms with Crippen LogP contribution in [-0.4, -0.2) is 41.9 Å². The van der Waals surface area contributed by atoms with Crippen LogP contribution in [0.3, 0.4) is 0 Å². The molecular weight excluding hydrogens is 547 g/mol. The summed E-state index contributed by atoms with van der Waals surface area (Å²) in [7, 11) is 0. The fourth-order valence-electron chi connectivity index (χ4n) is 3.68. The zero-order valence-electron chi connectivity index (χ0n) is 17.7. The molecule has 33 heavy (non-hydrogen) atoms. The van der Waals surface area contributed by atoms with Crippen molar-refractivity contribution in [3.63, 3.8) is 0 Å². The van der Waals surface area contributed by atoms with Crippen LogP contribution >= 0.6 is 50.7 Å². The monoisotopic (exact) mass is 566 g/mol. The molecule has 0 saturated carbocycles. The number of hydrogen-bond donors (Lipinski definition) is 0. The van der Waals surface area contributed by atoms with E-state index in [1.54, 1.807) is 6.07 Å². The van der Waals surface area contributed by atoms with Gasteiger partial charge in [-0.2, -0.15) is 0 Å². The molecule has 0 spiro atoms. The summed E-state index contributed by atoms with van der Waals surface area (Å²) in [5, 5.41) is 1.68. The van der Waals surface area contributed by atoms with E-state index >= 15 is 0 Å². The Morgan fingerprint density at radius 2 is 1.52 bits per heavy atom. The Kier molecular flexibility index (Phi) is 8.20. The van der Waals surface area contributed by atoms with Gasteiger partial charge in [-0.15, -0.1) is 0 Å². The molecule has 3 aromatic carbocycles. The zero-order chi connectivity index (χ0) is 23.4. The normalized spacial score (nSPS) is 14.4. The van der Waals surface area contributed by atoms with Crippen LogP contribution in [0.15, 0.2) is 65.1 Å². The lowest BCUT2D eigenvalue weighted by Crippen LogP contribution is -2.48. The van der Waals surface area contributed by atoms with Gasteiger partial charge in [0, 0.05) is 42.8 Å². The second-order valence-electron chi connectivity index (χ2n) is 7.88. The minimum atomic E-state index is 0.0487. The molecule has 4 nitrogen and oxygen atoms in total. The van der Waals surface area contributed by atoms with Gasteiger partial charge in [0.2, 0.25) is 0 Å². The standard InChI is InChI=1S/C25H22BrCl3N2O2/c26-20-6-8-24(23(29)14-20)33-16-17-1-4-19(5-2-17)25(32)31-11-9-30(10-12-31)15-18-3-7-21(27)22(28)13-18/h1-8,13-14H,9-12,15-16H2. The number of benzene rings is 3. The Morgan fingerprint density at radius 1 is 0.818 bits per heavy atom. The Morgan fingerprint density at radius 3 is 2.18 bits per heavy atom. The summed E-state index contributed by atoms with van der Waals surface area (Å²) in [4.78, 5) is 17.2. The highest BCUT2D eigenvalue weighted by atomic mass is 79.9. The first kappa shape index (κ1) is 24.4. The van der Waals surface area contributed by atoms with E-state index in [1.165, 1.54) is 0 Å². The van der Waals surface area contributed by atoms with Gasteiger partial charge in [0.15, 0.2) is 0 Å². The lowest BCUT2D eigenvalue weighted by Gasteiger charge is -2.34. The van der Waals surface area contributed by atoms with Gasteiger partial charge in [-0.05, 0) is 53.6 Å². The van der Waals surface area contributed by atoms with Crippen molar-refractivity contribution < 1.29 is 9.53 Å². The SMILES string of the molecule is O=C(c1ccc(COc2ccc(Br)cc2Cl)cc1)N1CCN(Cc2ccc(Cl)c(Cl)c2)CC1. The van der Waals surface area contributed by atoms with Crippen LogP contribution in [0.2, 0.25) is 15.1 Å². The zero-order valence-corrected chi connectivity index (χ0v) is 21.6. The Labute approximate surface area is 217 Å². The number of nitrogens with zero attached hydrogens (tertiary/aromatic N) is 2. The van der Waals surface area contributed by atoms with Crippen molar-refractivity contribution in [2.24, 2.45) is 0 Å². The maximum absolute atomic E-state index is 12.9. The number of carbonyl (C=O) groups excluding carboxylic acids is 1. The highest BCUT2D eigenvalue weighted by Gasteiger charge is 2.22. The molecule has 0 bridgehead atoms.